The van der Waals surface area contributed by atoms with Gasteiger partial charge in [0.2, 0.25) is 0 Å². The van der Waals surface area contributed by atoms with Crippen molar-refractivity contribution in [3.05, 3.63) is 40.2 Å². The van der Waals surface area contributed by atoms with Crippen LogP contribution in [0.3, 0.4) is 0 Å². The van der Waals surface area contributed by atoms with Crippen molar-refractivity contribution < 1.29 is 0 Å². The standard InChI is InChI=1S/C13H17N5O/c1-3-5-14-8-10-7-12(19)18-13(17-10)11-4-6-15-9(2)16-11/h4,6-7,14H,3,5,8H2,1-2H3,(H,17,18,19). The first-order chi connectivity index (χ1) is 9.19. The largest absolute Gasteiger partial charge is 0.311 e. The van der Waals surface area contributed by atoms with Crippen LogP contribution in [-0.4, -0.2) is 26.5 Å². The monoisotopic (exact) mass is 259 g/mol. The smallest absolute Gasteiger partial charge is 0.251 e. The van der Waals surface area contributed by atoms with E-state index in [1.165, 1.54) is 6.07 Å². The van der Waals surface area contributed by atoms with Gasteiger partial charge in [0.15, 0.2) is 5.82 Å². The van der Waals surface area contributed by atoms with Crippen molar-refractivity contribution >= 4 is 0 Å². The van der Waals surface area contributed by atoms with E-state index >= 15 is 0 Å². The van der Waals surface area contributed by atoms with E-state index in [-0.39, 0.29) is 5.56 Å². The van der Waals surface area contributed by atoms with E-state index in [9.17, 15) is 4.79 Å². The Bertz CT molecular complexity index is 608. The molecule has 0 atom stereocenters. The van der Waals surface area contributed by atoms with Crippen LogP contribution in [0.5, 0.6) is 0 Å². The van der Waals surface area contributed by atoms with Gasteiger partial charge in [-0.2, -0.15) is 0 Å². The maximum Gasteiger partial charge on any atom is 0.251 e. The molecule has 0 bridgehead atoms. The molecule has 0 spiro atoms. The Labute approximate surface area is 111 Å². The summed E-state index contributed by atoms with van der Waals surface area (Å²) in [6, 6.07) is 3.23. The molecular formula is C13H17N5O. The number of H-pyrrole nitrogens is 1. The van der Waals surface area contributed by atoms with Gasteiger partial charge in [-0.1, -0.05) is 6.92 Å². The molecule has 2 rings (SSSR count). The fourth-order valence-electron chi connectivity index (χ4n) is 1.70. The molecule has 19 heavy (non-hydrogen) atoms. The molecule has 0 aliphatic heterocycles. The van der Waals surface area contributed by atoms with Crippen LogP contribution in [-0.2, 0) is 6.54 Å². The lowest BCUT2D eigenvalue weighted by Crippen LogP contribution is -2.18. The van der Waals surface area contributed by atoms with Crippen molar-refractivity contribution in [3.63, 3.8) is 0 Å². The lowest BCUT2D eigenvalue weighted by Gasteiger charge is -2.05. The molecule has 100 valence electrons. The van der Waals surface area contributed by atoms with Gasteiger partial charge < -0.3 is 10.3 Å². The summed E-state index contributed by atoms with van der Waals surface area (Å²) in [5, 5.41) is 3.22. The van der Waals surface area contributed by atoms with Gasteiger partial charge in [0.1, 0.15) is 11.5 Å². The molecule has 0 amide bonds. The second-order valence-electron chi connectivity index (χ2n) is 4.25. The van der Waals surface area contributed by atoms with E-state index in [1.807, 2.05) is 0 Å². The first-order valence-electron chi connectivity index (χ1n) is 6.30. The minimum absolute atomic E-state index is 0.172. The number of aryl methyl sites for hydroxylation is 1. The fraction of sp³-hybridized carbons (Fsp3) is 0.385. The molecule has 2 N–H and O–H groups in total. The van der Waals surface area contributed by atoms with Crippen LogP contribution in [0.4, 0.5) is 0 Å². The molecule has 0 fully saturated rings. The van der Waals surface area contributed by atoms with Crippen LogP contribution in [0.15, 0.2) is 23.1 Å². The normalized spacial score (nSPS) is 10.6. The van der Waals surface area contributed by atoms with Crippen molar-refractivity contribution in [2.75, 3.05) is 6.54 Å². The Morgan fingerprint density at radius 2 is 2.21 bits per heavy atom. The third-order valence-corrected chi connectivity index (χ3v) is 2.55. The van der Waals surface area contributed by atoms with Crippen LogP contribution < -0.4 is 10.9 Å². The lowest BCUT2D eigenvalue weighted by molar-refractivity contribution is 0.662. The Kier molecular flexibility index (Phi) is 4.35. The minimum atomic E-state index is -0.172. The molecule has 0 unspecified atom stereocenters. The Balaban J connectivity index is 2.28. The summed E-state index contributed by atoms with van der Waals surface area (Å²) in [6.45, 7) is 5.37. The zero-order valence-electron chi connectivity index (χ0n) is 11.1. The molecule has 2 heterocycles. The van der Waals surface area contributed by atoms with Gasteiger partial charge in [-0.05, 0) is 26.0 Å². The number of hydrogen-bond acceptors (Lipinski definition) is 5. The van der Waals surface area contributed by atoms with Crippen molar-refractivity contribution in [2.24, 2.45) is 0 Å². The third-order valence-electron chi connectivity index (χ3n) is 2.55. The van der Waals surface area contributed by atoms with E-state index in [1.54, 1.807) is 19.2 Å². The fourth-order valence-corrected chi connectivity index (χ4v) is 1.70. The third kappa shape index (κ3) is 3.69. The second-order valence-corrected chi connectivity index (χ2v) is 4.25. The van der Waals surface area contributed by atoms with Crippen LogP contribution in [0, 0.1) is 6.92 Å². The van der Waals surface area contributed by atoms with Crippen LogP contribution >= 0.6 is 0 Å². The zero-order valence-corrected chi connectivity index (χ0v) is 11.1. The molecule has 6 heteroatoms. The van der Waals surface area contributed by atoms with Gasteiger partial charge in [-0.15, -0.1) is 0 Å². The second kappa shape index (κ2) is 6.19. The molecule has 6 nitrogen and oxygen atoms in total. The molecule has 0 saturated heterocycles. The Morgan fingerprint density at radius 1 is 1.37 bits per heavy atom. The van der Waals surface area contributed by atoms with E-state index in [0.717, 1.165) is 13.0 Å². The molecule has 0 aliphatic rings. The van der Waals surface area contributed by atoms with Crippen LogP contribution in [0.25, 0.3) is 11.5 Å². The predicted octanol–water partition coefficient (Wildman–Crippen LogP) is 1.03. The zero-order chi connectivity index (χ0) is 13.7. The first kappa shape index (κ1) is 13.4. The topological polar surface area (TPSA) is 83.6 Å². The Morgan fingerprint density at radius 3 is 2.95 bits per heavy atom. The molecular weight excluding hydrogens is 242 g/mol. The maximum absolute atomic E-state index is 11.6. The predicted molar refractivity (Wildman–Crippen MR) is 72.6 cm³/mol. The summed E-state index contributed by atoms with van der Waals surface area (Å²) in [4.78, 5) is 27.0. The number of nitrogens with zero attached hydrogens (tertiary/aromatic N) is 3. The number of hydrogen-bond donors (Lipinski definition) is 2. The van der Waals surface area contributed by atoms with E-state index in [2.05, 4.69) is 32.2 Å². The van der Waals surface area contributed by atoms with Crippen molar-refractivity contribution in [3.8, 4) is 11.5 Å². The summed E-state index contributed by atoms with van der Waals surface area (Å²) < 4.78 is 0. The summed E-state index contributed by atoms with van der Waals surface area (Å²) in [5.74, 6) is 1.13. The average Bonchev–Trinajstić information content (AvgIpc) is 2.38. The highest BCUT2D eigenvalue weighted by Crippen LogP contribution is 2.09. The van der Waals surface area contributed by atoms with Crippen molar-refractivity contribution in [1.82, 2.24) is 25.3 Å². The molecule has 2 aromatic rings. The highest BCUT2D eigenvalue weighted by Gasteiger charge is 2.05. The lowest BCUT2D eigenvalue weighted by atomic mass is 10.3. The quantitative estimate of drug-likeness (QED) is 0.784. The molecule has 0 aromatic carbocycles. The highest BCUT2D eigenvalue weighted by atomic mass is 16.1. The van der Waals surface area contributed by atoms with E-state index in [0.29, 0.717) is 29.6 Å². The average molecular weight is 259 g/mol. The molecule has 0 aliphatic carbocycles. The Hall–Kier alpha value is -2.08. The van der Waals surface area contributed by atoms with Gasteiger partial charge in [0.05, 0.1) is 5.69 Å². The number of aromatic nitrogens is 4. The van der Waals surface area contributed by atoms with Gasteiger partial charge in [0.25, 0.3) is 5.56 Å². The number of rotatable bonds is 5. The SMILES string of the molecule is CCCNCc1cc(=O)[nH]c(-c2ccnc(C)n2)n1. The van der Waals surface area contributed by atoms with E-state index < -0.39 is 0 Å². The molecule has 0 saturated carbocycles. The van der Waals surface area contributed by atoms with Crippen molar-refractivity contribution in [2.45, 2.75) is 26.8 Å². The summed E-state index contributed by atoms with van der Waals surface area (Å²) in [6.07, 6.45) is 2.70. The summed E-state index contributed by atoms with van der Waals surface area (Å²) in [5.41, 5.74) is 1.17. The van der Waals surface area contributed by atoms with Gasteiger partial charge in [-0.25, -0.2) is 15.0 Å². The number of aromatic amines is 1. The summed E-state index contributed by atoms with van der Waals surface area (Å²) in [7, 11) is 0. The summed E-state index contributed by atoms with van der Waals surface area (Å²) >= 11 is 0. The van der Waals surface area contributed by atoms with Crippen molar-refractivity contribution in [1.29, 1.82) is 0 Å². The van der Waals surface area contributed by atoms with Gasteiger partial charge in [-0.3, -0.25) is 4.79 Å². The number of nitrogens with one attached hydrogen (secondary N) is 2. The van der Waals surface area contributed by atoms with Crippen LogP contribution in [0.2, 0.25) is 0 Å². The van der Waals surface area contributed by atoms with Gasteiger partial charge in [0, 0.05) is 18.8 Å². The highest BCUT2D eigenvalue weighted by molar-refractivity contribution is 5.47. The molecule has 0 radical (unpaired) electrons. The minimum Gasteiger partial charge on any atom is -0.311 e. The van der Waals surface area contributed by atoms with Crippen LogP contribution in [0.1, 0.15) is 24.9 Å². The van der Waals surface area contributed by atoms with E-state index in [4.69, 9.17) is 0 Å². The molecule has 2 aromatic heterocycles. The first-order valence-corrected chi connectivity index (χ1v) is 6.30. The van der Waals surface area contributed by atoms with Gasteiger partial charge >= 0.3 is 0 Å². The maximum atomic E-state index is 11.6.